The Kier molecular flexibility index (Phi) is 10.4. The van der Waals surface area contributed by atoms with Crippen LogP contribution in [-0.4, -0.2) is 22.8 Å². The lowest BCUT2D eigenvalue weighted by Crippen LogP contribution is -2.42. The first-order chi connectivity index (χ1) is 13.0. The number of nitrogens with one attached hydrogen (secondary N) is 2. The molecular weight excluding hydrogens is 350 g/mol. The molecule has 0 aliphatic heterocycles. The summed E-state index contributed by atoms with van der Waals surface area (Å²) >= 11 is 0. The summed E-state index contributed by atoms with van der Waals surface area (Å²) in [7, 11) is 0. The fraction of sp³-hybridized carbons (Fsp3) is 0.526. The third-order valence-corrected chi connectivity index (χ3v) is 4.08. The van der Waals surface area contributed by atoms with Crippen LogP contribution in [0.1, 0.15) is 75.1 Å². The highest BCUT2D eigenvalue weighted by Crippen LogP contribution is 2.17. The molecule has 27 heavy (non-hydrogen) atoms. The Morgan fingerprint density at radius 3 is 2.15 bits per heavy atom. The van der Waals surface area contributed by atoms with Crippen molar-refractivity contribution in [3.05, 3.63) is 39.9 Å². The van der Waals surface area contributed by atoms with E-state index in [1.54, 1.807) is 0 Å². The number of nitro benzene ring substituents is 1. The summed E-state index contributed by atoms with van der Waals surface area (Å²) < 4.78 is 0. The largest absolute Gasteiger partial charge is 0.328 e. The average Bonchev–Trinajstić information content (AvgIpc) is 2.63. The molecule has 1 aromatic carbocycles. The summed E-state index contributed by atoms with van der Waals surface area (Å²) in [5.41, 5.74) is -0.652. The molecule has 0 aliphatic rings. The number of hydrogen-bond acceptors (Lipinski definition) is 5. The summed E-state index contributed by atoms with van der Waals surface area (Å²) in [4.78, 5) is 45.6. The highest BCUT2D eigenvalue weighted by atomic mass is 16.6. The van der Waals surface area contributed by atoms with E-state index in [-0.39, 0.29) is 12.0 Å². The van der Waals surface area contributed by atoms with E-state index in [9.17, 15) is 24.5 Å². The van der Waals surface area contributed by atoms with Crippen LogP contribution in [0.4, 0.5) is 10.5 Å². The van der Waals surface area contributed by atoms with Gasteiger partial charge in [0.1, 0.15) is 5.56 Å². The van der Waals surface area contributed by atoms with Gasteiger partial charge in [0, 0.05) is 12.5 Å². The van der Waals surface area contributed by atoms with Gasteiger partial charge in [-0.05, 0) is 12.5 Å². The number of benzene rings is 1. The molecule has 0 saturated heterocycles. The van der Waals surface area contributed by atoms with Crippen molar-refractivity contribution in [1.82, 2.24) is 10.6 Å². The number of nitro groups is 1. The molecule has 1 rings (SSSR count). The quantitative estimate of drug-likeness (QED) is 0.342. The van der Waals surface area contributed by atoms with Gasteiger partial charge in [0.15, 0.2) is 0 Å². The van der Waals surface area contributed by atoms with Gasteiger partial charge in [-0.1, -0.05) is 64.0 Å². The van der Waals surface area contributed by atoms with Crippen molar-refractivity contribution in [2.45, 2.75) is 64.7 Å². The standard InChI is InChI=1S/C19H27N3O5/c1-2-3-4-5-6-7-8-9-14-17(23)20-19(25)21-18(24)15-12-10-11-13-16(15)22(26)27/h10-13H,2-9,14H2,1H3,(H2,20,21,23,24,25). The molecule has 0 unspecified atom stereocenters. The Bertz CT molecular complexity index is 661. The minimum atomic E-state index is -0.984. The number of unbranched alkanes of at least 4 members (excludes halogenated alkanes) is 7. The number of carbonyl (C=O) groups excluding carboxylic acids is 3. The third-order valence-electron chi connectivity index (χ3n) is 4.08. The van der Waals surface area contributed by atoms with Gasteiger partial charge >= 0.3 is 6.03 Å². The molecule has 4 amide bonds. The van der Waals surface area contributed by atoms with Crippen molar-refractivity contribution in [3.8, 4) is 0 Å². The van der Waals surface area contributed by atoms with Gasteiger partial charge in [-0.15, -0.1) is 0 Å². The van der Waals surface area contributed by atoms with E-state index >= 15 is 0 Å². The highest BCUT2D eigenvalue weighted by molar-refractivity contribution is 6.09. The summed E-state index contributed by atoms with van der Waals surface area (Å²) in [6, 6.07) is 4.29. The molecule has 0 atom stereocenters. The number of amides is 4. The van der Waals surface area contributed by atoms with E-state index in [1.165, 1.54) is 49.9 Å². The zero-order chi connectivity index (χ0) is 20.1. The van der Waals surface area contributed by atoms with E-state index in [0.717, 1.165) is 19.3 Å². The zero-order valence-corrected chi connectivity index (χ0v) is 15.7. The summed E-state index contributed by atoms with van der Waals surface area (Å²) in [6.45, 7) is 2.17. The number of carbonyl (C=O) groups is 3. The predicted octanol–water partition coefficient (Wildman–Crippen LogP) is 4.09. The molecule has 8 nitrogen and oxygen atoms in total. The fourth-order valence-electron chi connectivity index (χ4n) is 2.64. The van der Waals surface area contributed by atoms with Crippen LogP contribution in [0.3, 0.4) is 0 Å². The van der Waals surface area contributed by atoms with Crippen LogP contribution >= 0.6 is 0 Å². The van der Waals surface area contributed by atoms with Crippen molar-refractivity contribution in [1.29, 1.82) is 0 Å². The Hall–Kier alpha value is -2.77. The Morgan fingerprint density at radius 1 is 0.926 bits per heavy atom. The van der Waals surface area contributed by atoms with Crippen LogP contribution in [0.2, 0.25) is 0 Å². The maximum atomic E-state index is 12.0. The van der Waals surface area contributed by atoms with Crippen molar-refractivity contribution < 1.29 is 19.3 Å². The minimum absolute atomic E-state index is 0.196. The molecule has 0 aliphatic carbocycles. The molecule has 0 spiro atoms. The molecule has 0 fully saturated rings. The molecule has 0 aromatic heterocycles. The molecule has 0 bridgehead atoms. The molecular formula is C19H27N3O5. The molecule has 0 heterocycles. The molecule has 2 N–H and O–H groups in total. The Morgan fingerprint density at radius 2 is 1.52 bits per heavy atom. The van der Waals surface area contributed by atoms with Gasteiger partial charge in [-0.2, -0.15) is 0 Å². The number of nitrogens with zero attached hydrogens (tertiary/aromatic N) is 1. The van der Waals surface area contributed by atoms with Gasteiger partial charge in [0.25, 0.3) is 11.6 Å². The van der Waals surface area contributed by atoms with Crippen LogP contribution < -0.4 is 10.6 Å². The van der Waals surface area contributed by atoms with Crippen LogP contribution in [0.15, 0.2) is 24.3 Å². The number of hydrogen-bond donors (Lipinski definition) is 2. The Labute approximate surface area is 158 Å². The van der Waals surface area contributed by atoms with E-state index in [4.69, 9.17) is 0 Å². The average molecular weight is 377 g/mol. The van der Waals surface area contributed by atoms with Crippen LogP contribution in [0, 0.1) is 10.1 Å². The van der Waals surface area contributed by atoms with Crippen molar-refractivity contribution in [2.24, 2.45) is 0 Å². The number of para-hydroxylation sites is 1. The maximum Gasteiger partial charge on any atom is 0.328 e. The number of imide groups is 2. The first-order valence-electron chi connectivity index (χ1n) is 9.34. The van der Waals surface area contributed by atoms with Crippen molar-refractivity contribution in [2.75, 3.05) is 0 Å². The second-order valence-electron chi connectivity index (χ2n) is 6.33. The highest BCUT2D eigenvalue weighted by Gasteiger charge is 2.21. The molecule has 8 heteroatoms. The second-order valence-corrected chi connectivity index (χ2v) is 6.33. The lowest BCUT2D eigenvalue weighted by atomic mass is 10.1. The van der Waals surface area contributed by atoms with Gasteiger partial charge in [0.2, 0.25) is 5.91 Å². The van der Waals surface area contributed by atoms with Crippen molar-refractivity contribution in [3.63, 3.8) is 0 Å². The SMILES string of the molecule is CCCCCCCCCCC(=O)NC(=O)NC(=O)c1ccccc1[N+](=O)[O-]. The van der Waals surface area contributed by atoms with E-state index in [2.05, 4.69) is 12.2 Å². The second kappa shape index (κ2) is 12.6. The summed E-state index contributed by atoms with van der Waals surface area (Å²) in [5, 5.41) is 14.9. The van der Waals surface area contributed by atoms with Crippen LogP contribution in [0.5, 0.6) is 0 Å². The van der Waals surface area contributed by atoms with Crippen LogP contribution in [-0.2, 0) is 4.79 Å². The third kappa shape index (κ3) is 8.94. The molecule has 148 valence electrons. The molecule has 0 radical (unpaired) electrons. The monoisotopic (exact) mass is 377 g/mol. The lowest BCUT2D eigenvalue weighted by molar-refractivity contribution is -0.385. The Balaban J connectivity index is 2.29. The van der Waals surface area contributed by atoms with E-state index in [0.29, 0.717) is 6.42 Å². The number of rotatable bonds is 11. The fourth-order valence-corrected chi connectivity index (χ4v) is 2.64. The first-order valence-corrected chi connectivity index (χ1v) is 9.34. The van der Waals surface area contributed by atoms with Gasteiger partial charge < -0.3 is 0 Å². The summed E-state index contributed by atoms with van der Waals surface area (Å²) in [5.74, 6) is -1.41. The maximum absolute atomic E-state index is 12.0. The lowest BCUT2D eigenvalue weighted by Gasteiger charge is -2.06. The summed E-state index contributed by atoms with van der Waals surface area (Å²) in [6.07, 6.45) is 8.89. The van der Waals surface area contributed by atoms with Gasteiger partial charge in [-0.25, -0.2) is 4.79 Å². The van der Waals surface area contributed by atoms with Crippen LogP contribution in [0.25, 0.3) is 0 Å². The predicted molar refractivity (Wildman–Crippen MR) is 101 cm³/mol. The normalized spacial score (nSPS) is 10.3. The molecule has 0 saturated carbocycles. The molecule has 1 aromatic rings. The van der Waals surface area contributed by atoms with E-state index < -0.39 is 28.5 Å². The van der Waals surface area contributed by atoms with Gasteiger partial charge in [-0.3, -0.25) is 30.3 Å². The van der Waals surface area contributed by atoms with Crippen molar-refractivity contribution >= 4 is 23.5 Å². The zero-order valence-electron chi connectivity index (χ0n) is 15.7. The first kappa shape index (κ1) is 22.3. The smallest absolute Gasteiger partial charge is 0.278 e. The van der Waals surface area contributed by atoms with Gasteiger partial charge in [0.05, 0.1) is 4.92 Å². The number of urea groups is 1. The topological polar surface area (TPSA) is 118 Å². The minimum Gasteiger partial charge on any atom is -0.278 e. The van der Waals surface area contributed by atoms with E-state index in [1.807, 2.05) is 5.32 Å².